The number of nitrogen functional groups attached to an aromatic ring is 1. The molecule has 4 aromatic rings. The van der Waals surface area contributed by atoms with Gasteiger partial charge in [-0.2, -0.15) is 5.10 Å². The maximum atomic E-state index is 6.63. The standard InChI is InChI=1S/C21H21ClN6O/c1-11-16(22)9-15(19(29-4)17(11)14-5-7-24-8-6-14)13(3)28-21-18(12(2)27-28)20(23)25-10-26-21/h5-10,13H,1-4H3,(H2,23,25,26). The monoisotopic (exact) mass is 408 g/mol. The number of pyridine rings is 1. The van der Waals surface area contributed by atoms with Gasteiger partial charge in [0.15, 0.2) is 5.65 Å². The first-order valence-electron chi connectivity index (χ1n) is 9.16. The van der Waals surface area contributed by atoms with Gasteiger partial charge < -0.3 is 10.5 Å². The molecule has 1 aromatic carbocycles. The smallest absolute Gasteiger partial charge is 0.164 e. The van der Waals surface area contributed by atoms with Crippen LogP contribution in [0.4, 0.5) is 5.82 Å². The number of hydrogen-bond donors (Lipinski definition) is 1. The molecule has 4 rings (SSSR count). The predicted octanol–water partition coefficient (Wildman–Crippen LogP) is 4.36. The van der Waals surface area contributed by atoms with Crippen LogP contribution in [-0.2, 0) is 0 Å². The summed E-state index contributed by atoms with van der Waals surface area (Å²) < 4.78 is 7.71. The molecule has 8 heteroatoms. The van der Waals surface area contributed by atoms with Crippen molar-refractivity contribution in [2.45, 2.75) is 26.8 Å². The van der Waals surface area contributed by atoms with Crippen LogP contribution < -0.4 is 10.5 Å². The first-order valence-corrected chi connectivity index (χ1v) is 9.54. The van der Waals surface area contributed by atoms with Crippen molar-refractivity contribution in [2.75, 3.05) is 12.8 Å². The number of aromatic nitrogens is 5. The van der Waals surface area contributed by atoms with Gasteiger partial charge in [-0.1, -0.05) is 11.6 Å². The number of nitrogens with zero attached hydrogens (tertiary/aromatic N) is 5. The molecule has 148 valence electrons. The zero-order chi connectivity index (χ0) is 20.7. The van der Waals surface area contributed by atoms with Crippen molar-refractivity contribution in [3.63, 3.8) is 0 Å². The minimum absolute atomic E-state index is 0.200. The Morgan fingerprint density at radius 1 is 1.17 bits per heavy atom. The zero-order valence-electron chi connectivity index (χ0n) is 16.6. The van der Waals surface area contributed by atoms with Crippen LogP contribution in [0.15, 0.2) is 36.9 Å². The number of halogens is 1. The van der Waals surface area contributed by atoms with E-state index < -0.39 is 0 Å². The lowest BCUT2D eigenvalue weighted by Crippen LogP contribution is -2.12. The van der Waals surface area contributed by atoms with Crippen LogP contribution in [0.5, 0.6) is 5.75 Å². The number of ether oxygens (including phenoxy) is 1. The molecule has 0 bridgehead atoms. The van der Waals surface area contributed by atoms with Gasteiger partial charge in [0.1, 0.15) is 17.9 Å². The fourth-order valence-electron chi connectivity index (χ4n) is 3.71. The van der Waals surface area contributed by atoms with Crippen LogP contribution in [0.25, 0.3) is 22.2 Å². The van der Waals surface area contributed by atoms with Gasteiger partial charge in [0.2, 0.25) is 0 Å². The average molecular weight is 409 g/mol. The maximum absolute atomic E-state index is 6.63. The minimum Gasteiger partial charge on any atom is -0.496 e. The minimum atomic E-state index is -0.200. The highest BCUT2D eigenvalue weighted by molar-refractivity contribution is 6.32. The second-order valence-corrected chi connectivity index (χ2v) is 7.29. The topological polar surface area (TPSA) is 91.7 Å². The van der Waals surface area contributed by atoms with E-state index in [0.29, 0.717) is 16.5 Å². The van der Waals surface area contributed by atoms with Crippen molar-refractivity contribution in [3.05, 3.63) is 58.8 Å². The fourth-order valence-corrected chi connectivity index (χ4v) is 3.92. The molecule has 3 aromatic heterocycles. The van der Waals surface area contributed by atoms with E-state index in [1.807, 2.05) is 43.7 Å². The Labute approximate surface area is 173 Å². The molecule has 7 nitrogen and oxygen atoms in total. The van der Waals surface area contributed by atoms with Crippen LogP contribution in [0.2, 0.25) is 5.02 Å². The molecule has 0 spiro atoms. The van der Waals surface area contributed by atoms with Gasteiger partial charge in [-0.05, 0) is 50.1 Å². The highest BCUT2D eigenvalue weighted by atomic mass is 35.5. The molecule has 0 saturated heterocycles. The molecule has 0 saturated carbocycles. The van der Waals surface area contributed by atoms with Gasteiger partial charge >= 0.3 is 0 Å². The van der Waals surface area contributed by atoms with E-state index in [0.717, 1.165) is 39.1 Å². The Morgan fingerprint density at radius 2 is 1.90 bits per heavy atom. The number of methoxy groups -OCH3 is 1. The van der Waals surface area contributed by atoms with Gasteiger partial charge in [0, 0.05) is 28.5 Å². The third-order valence-electron chi connectivity index (χ3n) is 5.19. The predicted molar refractivity (Wildman–Crippen MR) is 114 cm³/mol. The van der Waals surface area contributed by atoms with Crippen LogP contribution in [0.3, 0.4) is 0 Å². The molecule has 29 heavy (non-hydrogen) atoms. The molecule has 1 atom stereocenters. The largest absolute Gasteiger partial charge is 0.496 e. The highest BCUT2D eigenvalue weighted by Crippen LogP contribution is 2.43. The molecule has 0 aliphatic carbocycles. The molecule has 1 unspecified atom stereocenters. The number of nitrogens with two attached hydrogens (primary N) is 1. The average Bonchev–Trinajstić information content (AvgIpc) is 3.07. The quantitative estimate of drug-likeness (QED) is 0.539. The highest BCUT2D eigenvalue weighted by Gasteiger charge is 2.24. The lowest BCUT2D eigenvalue weighted by molar-refractivity contribution is 0.402. The third kappa shape index (κ3) is 3.07. The van der Waals surface area contributed by atoms with Gasteiger partial charge in [0.25, 0.3) is 0 Å². The zero-order valence-corrected chi connectivity index (χ0v) is 17.4. The summed E-state index contributed by atoms with van der Waals surface area (Å²) in [6.07, 6.45) is 4.95. The lowest BCUT2D eigenvalue weighted by Gasteiger charge is -2.22. The van der Waals surface area contributed by atoms with Gasteiger partial charge in [-0.3, -0.25) is 4.98 Å². The van der Waals surface area contributed by atoms with E-state index in [2.05, 4.69) is 20.1 Å². The normalized spacial score (nSPS) is 12.3. The summed E-state index contributed by atoms with van der Waals surface area (Å²) in [6.45, 7) is 5.91. The van der Waals surface area contributed by atoms with Crippen molar-refractivity contribution in [3.8, 4) is 16.9 Å². The van der Waals surface area contributed by atoms with E-state index >= 15 is 0 Å². The van der Waals surface area contributed by atoms with Crippen LogP contribution in [0.1, 0.15) is 29.8 Å². The molecule has 2 N–H and O–H groups in total. The maximum Gasteiger partial charge on any atom is 0.164 e. The number of benzene rings is 1. The van der Waals surface area contributed by atoms with Crippen molar-refractivity contribution in [1.82, 2.24) is 24.7 Å². The second-order valence-electron chi connectivity index (χ2n) is 6.88. The van der Waals surface area contributed by atoms with Crippen molar-refractivity contribution in [2.24, 2.45) is 0 Å². The number of fused-ring (bicyclic) bond motifs is 1. The Hall–Kier alpha value is -3.19. The number of aryl methyl sites for hydroxylation is 1. The number of anilines is 1. The summed E-state index contributed by atoms with van der Waals surface area (Å²) in [7, 11) is 1.66. The molecule has 0 radical (unpaired) electrons. The summed E-state index contributed by atoms with van der Waals surface area (Å²) in [5.74, 6) is 1.16. The van der Waals surface area contributed by atoms with Crippen LogP contribution in [-0.4, -0.2) is 31.8 Å². The summed E-state index contributed by atoms with van der Waals surface area (Å²) in [6, 6.07) is 5.61. The molecule has 0 aliphatic rings. The summed E-state index contributed by atoms with van der Waals surface area (Å²) in [5, 5.41) is 6.09. The van der Waals surface area contributed by atoms with Crippen LogP contribution >= 0.6 is 11.6 Å². The summed E-state index contributed by atoms with van der Waals surface area (Å²) in [5.41, 5.74) is 11.3. The van der Waals surface area contributed by atoms with Crippen LogP contribution in [0, 0.1) is 13.8 Å². The third-order valence-corrected chi connectivity index (χ3v) is 5.58. The second kappa shape index (κ2) is 7.33. The van der Waals surface area contributed by atoms with E-state index in [-0.39, 0.29) is 6.04 Å². The number of rotatable bonds is 4. The van der Waals surface area contributed by atoms with E-state index in [1.54, 1.807) is 19.5 Å². The van der Waals surface area contributed by atoms with E-state index in [9.17, 15) is 0 Å². The van der Waals surface area contributed by atoms with Crippen molar-refractivity contribution in [1.29, 1.82) is 0 Å². The summed E-state index contributed by atoms with van der Waals surface area (Å²) in [4.78, 5) is 12.6. The number of hydrogen-bond acceptors (Lipinski definition) is 6. The van der Waals surface area contributed by atoms with Gasteiger partial charge in [-0.25, -0.2) is 14.6 Å². The van der Waals surface area contributed by atoms with Gasteiger partial charge in [0.05, 0.1) is 24.2 Å². The fraction of sp³-hybridized carbons (Fsp3) is 0.238. The Bertz CT molecular complexity index is 1210. The van der Waals surface area contributed by atoms with Crippen molar-refractivity contribution < 1.29 is 4.74 Å². The first kappa shape index (κ1) is 19.1. The molecule has 0 fully saturated rings. The Kier molecular flexibility index (Phi) is 4.84. The Balaban J connectivity index is 1.97. The molecular formula is C21H21ClN6O. The van der Waals surface area contributed by atoms with E-state index in [1.165, 1.54) is 6.33 Å². The van der Waals surface area contributed by atoms with Gasteiger partial charge in [-0.15, -0.1) is 0 Å². The molecule has 0 aliphatic heterocycles. The molecule has 0 amide bonds. The lowest BCUT2D eigenvalue weighted by atomic mass is 9.94. The van der Waals surface area contributed by atoms with E-state index in [4.69, 9.17) is 22.1 Å². The first-order chi connectivity index (χ1) is 13.9. The molecule has 3 heterocycles. The Morgan fingerprint density at radius 3 is 2.59 bits per heavy atom. The summed E-state index contributed by atoms with van der Waals surface area (Å²) >= 11 is 6.63. The molecular weight excluding hydrogens is 388 g/mol. The SMILES string of the molecule is COc1c(C(C)n2nc(C)c3c(N)ncnc32)cc(Cl)c(C)c1-c1ccncc1. The van der Waals surface area contributed by atoms with Crippen molar-refractivity contribution >= 4 is 28.5 Å².